The van der Waals surface area contributed by atoms with Crippen molar-refractivity contribution < 1.29 is 33.1 Å². The third kappa shape index (κ3) is 5.40. The second kappa shape index (κ2) is 10.1. The summed E-state index contributed by atoms with van der Waals surface area (Å²) in [6.45, 7) is 3.69. The van der Waals surface area contributed by atoms with Gasteiger partial charge in [0.25, 0.3) is 11.8 Å². The molecule has 190 valence electrons. The van der Waals surface area contributed by atoms with E-state index in [0.29, 0.717) is 35.0 Å². The number of carbonyl (C=O) groups is 4. The molecule has 4 rings (SSSR count). The monoisotopic (exact) mass is 508 g/mol. The number of nitrogens with one attached hydrogen (secondary N) is 4. The molecule has 1 aliphatic rings. The number of hydrogen-bond acceptors (Lipinski definition) is 4. The summed E-state index contributed by atoms with van der Waals surface area (Å²) in [7, 11) is 0. The molecular weight excluding hydrogens is 486 g/mol. The number of halogens is 2. The van der Waals surface area contributed by atoms with Gasteiger partial charge in [-0.3, -0.25) is 19.7 Å². The van der Waals surface area contributed by atoms with Gasteiger partial charge in [-0.1, -0.05) is 6.07 Å². The number of hydrogen-bond donors (Lipinski definition) is 5. The van der Waals surface area contributed by atoms with Crippen LogP contribution >= 0.6 is 0 Å². The lowest BCUT2D eigenvalue weighted by Gasteiger charge is -2.09. The molecule has 5 N–H and O–H groups in total. The average molecular weight is 508 g/mol. The van der Waals surface area contributed by atoms with Gasteiger partial charge in [0.1, 0.15) is 11.6 Å². The van der Waals surface area contributed by atoms with Crippen molar-refractivity contribution in [3.05, 3.63) is 81.7 Å². The van der Waals surface area contributed by atoms with Crippen molar-refractivity contribution in [1.82, 2.24) is 10.3 Å². The van der Waals surface area contributed by atoms with Crippen molar-refractivity contribution in [2.75, 3.05) is 10.6 Å². The predicted octanol–water partition coefficient (Wildman–Crippen LogP) is 4.38. The van der Waals surface area contributed by atoms with Crippen molar-refractivity contribution in [2.24, 2.45) is 0 Å². The first-order valence-corrected chi connectivity index (χ1v) is 11.2. The van der Waals surface area contributed by atoms with Crippen molar-refractivity contribution >= 4 is 46.8 Å². The fraction of sp³-hybridized carbons (Fsp3) is 0.154. The fourth-order valence-electron chi connectivity index (χ4n) is 4.13. The number of benzene rings is 2. The van der Waals surface area contributed by atoms with Crippen LogP contribution in [0.25, 0.3) is 11.6 Å². The molecule has 0 radical (unpaired) electrons. The molecule has 0 bridgehead atoms. The molecule has 37 heavy (non-hydrogen) atoms. The van der Waals surface area contributed by atoms with Gasteiger partial charge in [0, 0.05) is 35.1 Å². The van der Waals surface area contributed by atoms with Gasteiger partial charge < -0.3 is 20.7 Å². The van der Waals surface area contributed by atoms with E-state index in [1.165, 1.54) is 12.1 Å². The Morgan fingerprint density at radius 1 is 1.08 bits per heavy atom. The Hall–Kier alpha value is -4.80. The number of aliphatic carboxylic acids is 1. The number of amides is 4. The highest BCUT2D eigenvalue weighted by Crippen LogP contribution is 2.36. The number of rotatable bonds is 6. The first-order chi connectivity index (χ1) is 17.5. The quantitative estimate of drug-likeness (QED) is 0.314. The van der Waals surface area contributed by atoms with Gasteiger partial charge in [0.05, 0.1) is 16.8 Å². The van der Waals surface area contributed by atoms with Crippen LogP contribution in [0.4, 0.5) is 25.0 Å². The highest BCUT2D eigenvalue weighted by molar-refractivity contribution is 6.35. The minimum absolute atomic E-state index is 0.00729. The minimum atomic E-state index is -1.11. The maximum atomic E-state index is 13.8. The van der Waals surface area contributed by atoms with E-state index in [2.05, 4.69) is 15.6 Å². The van der Waals surface area contributed by atoms with Crippen LogP contribution in [0.3, 0.4) is 0 Å². The second-order valence-electron chi connectivity index (χ2n) is 8.47. The maximum Gasteiger partial charge on any atom is 0.326 e. The van der Waals surface area contributed by atoms with Crippen LogP contribution in [0.1, 0.15) is 44.9 Å². The van der Waals surface area contributed by atoms with Crippen LogP contribution in [0.5, 0.6) is 0 Å². The highest BCUT2D eigenvalue weighted by atomic mass is 19.1. The number of urea groups is 1. The third-order valence-electron chi connectivity index (χ3n) is 5.97. The van der Waals surface area contributed by atoms with E-state index in [-0.39, 0.29) is 18.0 Å². The van der Waals surface area contributed by atoms with Gasteiger partial charge >= 0.3 is 12.0 Å². The normalized spacial score (nSPS) is 13.3. The third-order valence-corrected chi connectivity index (χ3v) is 5.97. The molecule has 3 aromatic rings. The lowest BCUT2D eigenvalue weighted by molar-refractivity contribution is -0.137. The van der Waals surface area contributed by atoms with E-state index >= 15 is 0 Å². The number of carboxylic acids is 1. The molecule has 0 fully saturated rings. The molecule has 4 amide bonds. The molecule has 11 heteroatoms. The van der Waals surface area contributed by atoms with Gasteiger partial charge in [0.15, 0.2) is 0 Å². The summed E-state index contributed by atoms with van der Waals surface area (Å²) in [5, 5.41) is 16.1. The molecule has 0 aliphatic carbocycles. The van der Waals surface area contributed by atoms with Crippen molar-refractivity contribution in [2.45, 2.75) is 26.7 Å². The summed E-state index contributed by atoms with van der Waals surface area (Å²) in [6.07, 6.45) is 2.04. The smallest absolute Gasteiger partial charge is 0.326 e. The lowest BCUT2D eigenvalue weighted by Crippen LogP contribution is -2.34. The molecule has 0 unspecified atom stereocenters. The van der Waals surface area contributed by atoms with Crippen LogP contribution in [-0.4, -0.2) is 33.9 Å². The fourth-order valence-corrected chi connectivity index (χ4v) is 4.13. The molecule has 0 saturated carbocycles. The van der Waals surface area contributed by atoms with Gasteiger partial charge in [-0.05, 0) is 61.7 Å². The molecule has 2 heterocycles. The van der Waals surface area contributed by atoms with Crippen LogP contribution in [-0.2, 0) is 16.0 Å². The summed E-state index contributed by atoms with van der Waals surface area (Å²) in [5.74, 6) is -4.26. The van der Waals surface area contributed by atoms with Crippen molar-refractivity contribution in [3.63, 3.8) is 0 Å². The number of H-pyrrole nitrogens is 1. The highest BCUT2D eigenvalue weighted by Gasteiger charge is 2.26. The number of imide groups is 1. The van der Waals surface area contributed by atoms with E-state index in [9.17, 15) is 28.0 Å². The Bertz CT molecular complexity index is 1490. The Balaban J connectivity index is 1.50. The SMILES string of the molecule is Cc1[nH]c(/C=C2\C(=O)Nc3cc(NC(=O)NC(=O)c4ccc(F)cc4F)ccc32)c(C)c1CCC(=O)O. The summed E-state index contributed by atoms with van der Waals surface area (Å²) in [5.41, 5.74) is 4.40. The van der Waals surface area contributed by atoms with Gasteiger partial charge in [-0.25, -0.2) is 13.6 Å². The minimum Gasteiger partial charge on any atom is -0.481 e. The van der Waals surface area contributed by atoms with E-state index in [4.69, 9.17) is 5.11 Å². The van der Waals surface area contributed by atoms with Gasteiger partial charge in [-0.15, -0.1) is 0 Å². The lowest BCUT2D eigenvalue weighted by atomic mass is 10.0. The Morgan fingerprint density at radius 3 is 2.54 bits per heavy atom. The number of fused-ring (bicyclic) bond motifs is 1. The molecule has 9 nitrogen and oxygen atoms in total. The summed E-state index contributed by atoms with van der Waals surface area (Å²) in [6, 6.07) is 6.06. The molecular formula is C26H22F2N4O5. The number of aromatic nitrogens is 1. The zero-order valence-corrected chi connectivity index (χ0v) is 19.8. The first kappa shape index (κ1) is 25.3. The molecule has 2 aromatic carbocycles. The topological polar surface area (TPSA) is 140 Å². The molecule has 1 aliphatic heterocycles. The van der Waals surface area contributed by atoms with E-state index in [1.54, 1.807) is 12.1 Å². The van der Waals surface area contributed by atoms with Gasteiger partial charge in [-0.2, -0.15) is 0 Å². The number of aryl methyl sites for hydroxylation is 1. The van der Waals surface area contributed by atoms with Crippen LogP contribution in [0.2, 0.25) is 0 Å². The zero-order valence-electron chi connectivity index (χ0n) is 19.8. The molecule has 0 spiro atoms. The second-order valence-corrected chi connectivity index (χ2v) is 8.47. The Morgan fingerprint density at radius 2 is 1.84 bits per heavy atom. The van der Waals surface area contributed by atoms with Crippen LogP contribution < -0.4 is 16.0 Å². The van der Waals surface area contributed by atoms with Crippen LogP contribution in [0.15, 0.2) is 36.4 Å². The molecule has 1 aromatic heterocycles. The van der Waals surface area contributed by atoms with E-state index in [1.807, 2.05) is 19.2 Å². The summed E-state index contributed by atoms with van der Waals surface area (Å²) < 4.78 is 26.8. The average Bonchev–Trinajstić information content (AvgIpc) is 3.26. The Kier molecular flexibility index (Phi) is 6.87. The van der Waals surface area contributed by atoms with Crippen molar-refractivity contribution in [1.29, 1.82) is 0 Å². The van der Waals surface area contributed by atoms with Gasteiger partial charge in [0.2, 0.25) is 0 Å². The summed E-state index contributed by atoms with van der Waals surface area (Å²) >= 11 is 0. The zero-order chi connectivity index (χ0) is 26.9. The number of anilines is 2. The number of carbonyl (C=O) groups excluding carboxylic acids is 3. The number of aromatic amines is 1. The van der Waals surface area contributed by atoms with Crippen LogP contribution in [0, 0.1) is 25.5 Å². The van der Waals surface area contributed by atoms with E-state index < -0.39 is 35.1 Å². The predicted molar refractivity (Wildman–Crippen MR) is 132 cm³/mol. The Labute approximate surface area is 209 Å². The first-order valence-electron chi connectivity index (χ1n) is 11.2. The van der Waals surface area contributed by atoms with E-state index in [0.717, 1.165) is 29.0 Å². The standard InChI is InChI=1S/C26H22F2N4O5/c1-12-16(7-8-23(33)34)13(2)29-21(12)11-19-17-6-4-15(10-22(17)31-25(19)36)30-26(37)32-24(35)18-5-3-14(27)9-20(18)28/h3-6,9-11,29H,7-8H2,1-2H3,(H,31,36)(H,33,34)(H2,30,32,35,37)/b19-11-. The maximum absolute atomic E-state index is 13.8. The largest absolute Gasteiger partial charge is 0.481 e. The molecule has 0 saturated heterocycles. The summed E-state index contributed by atoms with van der Waals surface area (Å²) in [4.78, 5) is 51.2. The number of carboxylic acid groups (broad SMARTS) is 1. The van der Waals surface area contributed by atoms with Crippen molar-refractivity contribution in [3.8, 4) is 0 Å². The molecule has 0 atom stereocenters.